The number of anilines is 2. The molecule has 1 heterocycles. The fourth-order valence-corrected chi connectivity index (χ4v) is 4.97. The minimum Gasteiger partial charge on any atom is -0.497 e. The molecule has 0 amide bonds. The molecule has 3 aromatic carbocycles. The number of rotatable bonds is 6. The summed E-state index contributed by atoms with van der Waals surface area (Å²) in [4.78, 5) is 14.7. The normalized spacial score (nSPS) is 14.4. The molecule has 0 saturated carbocycles. The molecule has 1 aliphatic rings. The highest BCUT2D eigenvalue weighted by atomic mass is 32.2. The van der Waals surface area contributed by atoms with Crippen LogP contribution in [0.5, 0.6) is 11.5 Å². The second-order valence-electron chi connectivity index (χ2n) is 6.82. The lowest BCUT2D eigenvalue weighted by molar-refractivity contribution is 0.104. The van der Waals surface area contributed by atoms with Gasteiger partial charge in [0.25, 0.3) is 0 Å². The summed E-state index contributed by atoms with van der Waals surface area (Å²) >= 11 is 0. The number of hydrogen-bond acceptors (Lipinski definition) is 6. The Hall–Kier alpha value is -3.58. The molecule has 4 rings (SSSR count). The number of sulfone groups is 1. The monoisotopic (exact) mass is 435 g/mol. The second-order valence-corrected chi connectivity index (χ2v) is 8.71. The Bertz CT molecular complexity index is 1260. The van der Waals surface area contributed by atoms with Gasteiger partial charge in [0, 0.05) is 23.5 Å². The highest BCUT2D eigenvalue weighted by molar-refractivity contribution is 7.96. The number of Topliss-reactive ketones (excluding diaryl/α,β-unsaturated/α-hetero) is 1. The van der Waals surface area contributed by atoms with Gasteiger partial charge in [-0.3, -0.25) is 4.79 Å². The van der Waals surface area contributed by atoms with Gasteiger partial charge in [-0.1, -0.05) is 18.2 Å². The summed E-state index contributed by atoms with van der Waals surface area (Å²) in [6.07, 6.45) is 1.38. The minimum absolute atomic E-state index is 0.0783. The zero-order chi connectivity index (χ0) is 22.0. The smallest absolute Gasteiger partial charge is 0.214 e. The number of nitrogens with zero attached hydrogens (tertiary/aromatic N) is 1. The van der Waals surface area contributed by atoms with Gasteiger partial charge in [-0.15, -0.1) is 0 Å². The van der Waals surface area contributed by atoms with Gasteiger partial charge < -0.3 is 14.4 Å². The molecule has 0 spiro atoms. The number of ketones is 1. The van der Waals surface area contributed by atoms with Crippen molar-refractivity contribution >= 4 is 27.0 Å². The lowest BCUT2D eigenvalue weighted by Gasteiger charge is -2.29. The van der Waals surface area contributed by atoms with Crippen LogP contribution in [0.3, 0.4) is 0 Å². The third-order valence-corrected chi connectivity index (χ3v) is 6.73. The number of carbonyl (C=O) groups excluding carboxylic acids is 1. The molecule has 0 atom stereocenters. The van der Waals surface area contributed by atoms with E-state index in [0.717, 1.165) is 0 Å². The predicted molar refractivity (Wildman–Crippen MR) is 119 cm³/mol. The number of para-hydroxylation sites is 1. The molecule has 3 aromatic rings. The maximum Gasteiger partial charge on any atom is 0.214 e. The summed E-state index contributed by atoms with van der Waals surface area (Å²) < 4.78 is 37.4. The SMILES string of the molecule is CCOc1ccc(C(=O)C2=CN(c3cccc(OC)c3)c3ccccc3S2(=O)=O)cc1. The number of methoxy groups -OCH3 is 1. The maximum atomic E-state index is 13.3. The Morgan fingerprint density at radius 1 is 0.935 bits per heavy atom. The van der Waals surface area contributed by atoms with Crippen molar-refractivity contribution in [3.05, 3.63) is 89.5 Å². The summed E-state index contributed by atoms with van der Waals surface area (Å²) in [5.74, 6) is 0.657. The highest BCUT2D eigenvalue weighted by Crippen LogP contribution is 2.41. The van der Waals surface area contributed by atoms with Crippen LogP contribution in [-0.2, 0) is 9.84 Å². The van der Waals surface area contributed by atoms with Crippen molar-refractivity contribution in [2.45, 2.75) is 11.8 Å². The van der Waals surface area contributed by atoms with E-state index in [9.17, 15) is 13.2 Å². The van der Waals surface area contributed by atoms with Crippen molar-refractivity contribution in [3.63, 3.8) is 0 Å². The summed E-state index contributed by atoms with van der Waals surface area (Å²) in [5.41, 5.74) is 1.42. The maximum absolute atomic E-state index is 13.3. The van der Waals surface area contributed by atoms with Gasteiger partial charge in [-0.05, 0) is 55.5 Å². The largest absolute Gasteiger partial charge is 0.497 e. The molecule has 1 aliphatic heterocycles. The minimum atomic E-state index is -4.00. The van der Waals surface area contributed by atoms with E-state index in [1.807, 2.05) is 19.1 Å². The standard InChI is InChI=1S/C24H21NO5S/c1-3-30-19-13-11-17(12-14-19)24(26)23-16-25(18-7-6-8-20(15-18)29-2)21-9-4-5-10-22(21)31(23,27)28/h4-16H,3H2,1-2H3. The van der Waals surface area contributed by atoms with Gasteiger partial charge in [0.2, 0.25) is 15.6 Å². The van der Waals surface area contributed by atoms with Crippen LogP contribution in [0.15, 0.2) is 88.8 Å². The third-order valence-electron chi connectivity index (χ3n) is 4.93. The summed E-state index contributed by atoms with van der Waals surface area (Å²) in [7, 11) is -2.44. The topological polar surface area (TPSA) is 72.9 Å². The molecule has 0 aromatic heterocycles. The number of ether oxygens (including phenoxy) is 2. The van der Waals surface area contributed by atoms with E-state index in [2.05, 4.69) is 0 Å². The Morgan fingerprint density at radius 2 is 1.68 bits per heavy atom. The van der Waals surface area contributed by atoms with Crippen LogP contribution in [0.25, 0.3) is 0 Å². The number of allylic oxidation sites excluding steroid dienone is 1. The zero-order valence-electron chi connectivity index (χ0n) is 17.1. The predicted octanol–water partition coefficient (Wildman–Crippen LogP) is 4.74. The summed E-state index contributed by atoms with van der Waals surface area (Å²) in [6, 6.07) is 20.3. The van der Waals surface area contributed by atoms with Gasteiger partial charge in [0.1, 0.15) is 16.4 Å². The Morgan fingerprint density at radius 3 is 2.39 bits per heavy atom. The van der Waals surface area contributed by atoms with Crippen molar-refractivity contribution in [3.8, 4) is 11.5 Å². The van der Waals surface area contributed by atoms with E-state index in [4.69, 9.17) is 9.47 Å². The Balaban J connectivity index is 1.84. The Kier molecular flexibility index (Phi) is 5.52. The lowest BCUT2D eigenvalue weighted by atomic mass is 10.1. The van der Waals surface area contributed by atoms with E-state index in [1.54, 1.807) is 66.6 Å². The van der Waals surface area contributed by atoms with Gasteiger partial charge in [-0.25, -0.2) is 8.42 Å². The molecular formula is C24H21NO5S. The molecule has 0 aliphatic carbocycles. The molecule has 0 bridgehead atoms. The number of benzene rings is 3. The first-order chi connectivity index (χ1) is 15.0. The molecule has 0 radical (unpaired) electrons. The van der Waals surface area contributed by atoms with Crippen LogP contribution < -0.4 is 14.4 Å². The average Bonchev–Trinajstić information content (AvgIpc) is 2.79. The van der Waals surface area contributed by atoms with Crippen molar-refractivity contribution in [2.75, 3.05) is 18.6 Å². The van der Waals surface area contributed by atoms with Gasteiger partial charge in [-0.2, -0.15) is 0 Å². The molecule has 0 saturated heterocycles. The summed E-state index contributed by atoms with van der Waals surface area (Å²) in [6.45, 7) is 2.36. The first-order valence-corrected chi connectivity index (χ1v) is 11.2. The molecule has 31 heavy (non-hydrogen) atoms. The third kappa shape index (κ3) is 3.80. The van der Waals surface area contributed by atoms with E-state index in [1.165, 1.54) is 12.3 Å². The first-order valence-electron chi connectivity index (χ1n) is 9.72. The van der Waals surface area contributed by atoms with Gasteiger partial charge in [0.15, 0.2) is 0 Å². The van der Waals surface area contributed by atoms with Crippen molar-refractivity contribution < 1.29 is 22.7 Å². The highest BCUT2D eigenvalue weighted by Gasteiger charge is 2.36. The van der Waals surface area contributed by atoms with Crippen LogP contribution >= 0.6 is 0 Å². The van der Waals surface area contributed by atoms with E-state index in [0.29, 0.717) is 29.5 Å². The first kappa shape index (κ1) is 20.7. The van der Waals surface area contributed by atoms with Crippen LogP contribution in [0, 0.1) is 0 Å². The molecule has 158 valence electrons. The van der Waals surface area contributed by atoms with E-state index >= 15 is 0 Å². The van der Waals surface area contributed by atoms with E-state index < -0.39 is 15.6 Å². The van der Waals surface area contributed by atoms with Crippen molar-refractivity contribution in [1.29, 1.82) is 0 Å². The van der Waals surface area contributed by atoms with Crippen LogP contribution in [-0.4, -0.2) is 27.9 Å². The number of hydrogen-bond donors (Lipinski definition) is 0. The molecule has 0 fully saturated rings. The van der Waals surface area contributed by atoms with Crippen molar-refractivity contribution in [2.24, 2.45) is 0 Å². The zero-order valence-corrected chi connectivity index (χ0v) is 17.9. The van der Waals surface area contributed by atoms with E-state index in [-0.39, 0.29) is 15.4 Å². The van der Waals surface area contributed by atoms with Crippen LogP contribution in [0.4, 0.5) is 11.4 Å². The second kappa shape index (κ2) is 8.28. The Labute approximate surface area is 181 Å². The van der Waals surface area contributed by atoms with Gasteiger partial charge >= 0.3 is 0 Å². The van der Waals surface area contributed by atoms with Gasteiger partial charge in [0.05, 0.1) is 24.3 Å². The molecular weight excluding hydrogens is 414 g/mol. The molecule has 0 N–H and O–H groups in total. The van der Waals surface area contributed by atoms with Crippen LogP contribution in [0.2, 0.25) is 0 Å². The van der Waals surface area contributed by atoms with Crippen molar-refractivity contribution in [1.82, 2.24) is 0 Å². The number of carbonyl (C=O) groups is 1. The molecule has 7 heteroatoms. The fraction of sp³-hybridized carbons (Fsp3) is 0.125. The average molecular weight is 436 g/mol. The summed E-state index contributed by atoms with van der Waals surface area (Å²) in [5, 5.41) is 0. The quantitative estimate of drug-likeness (QED) is 0.521. The lowest BCUT2D eigenvalue weighted by Crippen LogP contribution is -2.25. The number of fused-ring (bicyclic) bond motifs is 1. The van der Waals surface area contributed by atoms with Crippen LogP contribution in [0.1, 0.15) is 17.3 Å². The fourth-order valence-electron chi connectivity index (χ4n) is 3.42. The molecule has 6 nitrogen and oxygen atoms in total. The molecule has 0 unspecified atom stereocenters.